The van der Waals surface area contributed by atoms with Gasteiger partial charge in [-0.25, -0.2) is 54.8 Å². The van der Waals surface area contributed by atoms with Crippen LogP contribution in [0.4, 0.5) is 0 Å². The molecular weight excluding hydrogens is 1610 g/mol. The fourth-order valence-electron chi connectivity index (χ4n) is 8.95. The molecule has 0 saturated heterocycles. The first-order chi connectivity index (χ1) is 61.0. The molecule has 0 aliphatic carbocycles. The average Bonchev–Trinajstić information content (AvgIpc) is 0.902. The third-order valence-corrected chi connectivity index (χ3v) is 15.0. The molecule has 0 saturated carbocycles. The van der Waals surface area contributed by atoms with Crippen LogP contribution in [0.25, 0.3) is 0 Å². The van der Waals surface area contributed by atoms with Gasteiger partial charge in [-0.3, -0.25) is 44.9 Å². The third kappa shape index (κ3) is 64.8. The van der Waals surface area contributed by atoms with E-state index in [-0.39, 0.29) is 0 Å². The Morgan fingerprint density at radius 2 is 0.496 bits per heavy atom. The lowest BCUT2D eigenvalue weighted by Crippen LogP contribution is -1.91. The van der Waals surface area contributed by atoms with Gasteiger partial charge in [-0.1, -0.05) is 24.3 Å². The standard InChI is InChI=1S/C7H10N2.5C7H9N.7C6H8N2.3C5H7N3/c1-5-4-6(2)9-7(3)8-5;1-6-3-7(2)5-8-4-6;1-6-3-4-8-7(2)5-6;2*1-6-3-4-7(2)8-5-6;1-6-4-3-5-7(2)8-6;1-5-3-8-6(2)4-7-5;1-5-3-7-4-6(2)8-5;2*1-5-3-7-6(2)8-4-5;1-5-3-6(2)8-7-4-5;1-5-3-4-7-6(2)8-5;1-5-3-4-6(2)8-7-5;1-4-3-6-8-5(2)7-4;2*1-4-3-6-5(2)8-7-4/h4H,1-3H3;5*3-5H,1-2H3;7*3-4H,1-2H3;3*3H,1-2H3. The maximum absolute atomic E-state index is 4.17. The van der Waals surface area contributed by atoms with E-state index >= 15 is 0 Å². The summed E-state index contributed by atoms with van der Waals surface area (Å²) in [5.74, 6) is 5.51. The first-order valence-electron chi connectivity index (χ1n) is 41.5. The van der Waals surface area contributed by atoms with Crippen molar-refractivity contribution in [1.29, 1.82) is 0 Å². The van der Waals surface area contributed by atoms with Crippen LogP contribution in [-0.4, -0.2) is 151 Å². The monoisotopic (exact) mass is 1740 g/mol. The van der Waals surface area contributed by atoms with Crippen LogP contribution in [0.3, 0.4) is 0 Å². The van der Waals surface area contributed by atoms with Crippen LogP contribution < -0.4 is 0 Å². The number of nitrogens with zero attached hydrogens (tertiary/aromatic N) is 30. The molecule has 129 heavy (non-hydrogen) atoms. The van der Waals surface area contributed by atoms with Crippen molar-refractivity contribution in [3.8, 4) is 0 Å². The summed E-state index contributed by atoms with van der Waals surface area (Å²) in [4.78, 5) is 80.3. The van der Waals surface area contributed by atoms with Gasteiger partial charge < -0.3 is 0 Å². The normalized spacial score (nSPS) is 9.28. The average molecular weight is 1740 g/mol. The van der Waals surface area contributed by atoms with Crippen molar-refractivity contribution >= 4 is 0 Å². The van der Waals surface area contributed by atoms with Gasteiger partial charge in [-0.2, -0.15) is 35.7 Å². The first-order valence-corrected chi connectivity index (χ1v) is 41.5. The van der Waals surface area contributed by atoms with E-state index in [1.165, 1.54) is 27.8 Å². The van der Waals surface area contributed by atoms with Crippen molar-refractivity contribution in [2.24, 2.45) is 0 Å². The molecule has 0 unspecified atom stereocenters. The molecule has 0 amide bonds. The van der Waals surface area contributed by atoms with Gasteiger partial charge in [0.1, 0.15) is 40.8 Å². The summed E-state index contributed by atoms with van der Waals surface area (Å²) in [5.41, 5.74) is 27.5. The molecule has 30 heteroatoms. The highest BCUT2D eigenvalue weighted by Gasteiger charge is 1.95. The van der Waals surface area contributed by atoms with Gasteiger partial charge in [0.05, 0.1) is 81.7 Å². The van der Waals surface area contributed by atoms with Gasteiger partial charge in [0.2, 0.25) is 0 Å². The van der Waals surface area contributed by atoms with Crippen LogP contribution in [0, 0.1) is 228 Å². The van der Waals surface area contributed by atoms with Crippen molar-refractivity contribution in [2.75, 3.05) is 0 Å². The zero-order valence-corrected chi connectivity index (χ0v) is 82.0. The minimum Gasteiger partial charge on any atom is -0.264 e. The Kier molecular flexibility index (Phi) is 57.5. The van der Waals surface area contributed by atoms with Gasteiger partial charge in [-0.05, 0) is 340 Å². The van der Waals surface area contributed by atoms with Crippen molar-refractivity contribution < 1.29 is 0 Å². The van der Waals surface area contributed by atoms with Crippen LogP contribution in [0.1, 0.15) is 188 Å². The molecule has 0 bridgehead atoms. The second-order valence-corrected chi connectivity index (χ2v) is 29.7. The molecule has 678 valence electrons. The van der Waals surface area contributed by atoms with Crippen LogP contribution >= 0.6 is 0 Å². The van der Waals surface area contributed by atoms with Crippen LogP contribution in [0.2, 0.25) is 0 Å². The predicted molar refractivity (Wildman–Crippen MR) is 513 cm³/mol. The summed E-state index contributed by atoms with van der Waals surface area (Å²) in [6, 6.07) is 30.0. The molecule has 0 aromatic carbocycles. The Balaban J connectivity index is 0.000000688. The Morgan fingerprint density at radius 1 is 0.140 bits per heavy atom. The molecule has 0 atom stereocenters. The smallest absolute Gasteiger partial charge is 0.148 e. The van der Waals surface area contributed by atoms with Crippen LogP contribution in [0.15, 0.2) is 203 Å². The number of hydrogen-bond acceptors (Lipinski definition) is 30. The Morgan fingerprint density at radius 3 is 0.760 bits per heavy atom. The molecule has 16 rings (SSSR count). The lowest BCUT2D eigenvalue weighted by Gasteiger charge is -1.95. The third-order valence-electron chi connectivity index (χ3n) is 15.0. The van der Waals surface area contributed by atoms with Crippen LogP contribution in [0.5, 0.6) is 0 Å². The number of aryl methyl sites for hydroxylation is 33. The molecule has 0 aliphatic heterocycles. The fraction of sp³-hybridized carbons (Fsp3) is 0.333. The molecule has 0 N–H and O–H groups in total. The van der Waals surface area contributed by atoms with Gasteiger partial charge in [-0.15, -0.1) is 15.3 Å². The summed E-state index contributed by atoms with van der Waals surface area (Å²) in [7, 11) is 0. The number of hydrogen-bond donors (Lipinski definition) is 0. The van der Waals surface area contributed by atoms with E-state index in [1.807, 2.05) is 344 Å². The number of rotatable bonds is 0. The van der Waals surface area contributed by atoms with E-state index in [9.17, 15) is 0 Å². The Bertz CT molecular complexity index is 4350. The fourth-order valence-corrected chi connectivity index (χ4v) is 8.95. The van der Waals surface area contributed by atoms with Gasteiger partial charge in [0, 0.05) is 132 Å². The molecule has 30 nitrogen and oxygen atoms in total. The van der Waals surface area contributed by atoms with E-state index in [0.29, 0.717) is 0 Å². The first kappa shape index (κ1) is 112. The molecule has 0 fully saturated rings. The number of pyridine rings is 5. The summed E-state index contributed by atoms with van der Waals surface area (Å²) >= 11 is 0. The second kappa shape index (κ2) is 66.0. The Labute approximate surface area is 765 Å². The quantitative estimate of drug-likeness (QED) is 0.136. The molecular formula is C99H132N30. The summed E-state index contributed by atoms with van der Waals surface area (Å²) in [5, 5.41) is 37.5. The molecule has 0 aliphatic rings. The number of aromatic nitrogens is 30. The Hall–Kier alpha value is -14.6. The van der Waals surface area contributed by atoms with E-state index in [2.05, 4.69) is 182 Å². The SMILES string of the molecule is Cc1cc(C)nc(C)n1.Cc1ccc(C)nc1.Cc1ccc(C)nc1.Cc1ccc(C)nn1.Cc1cccc(C)n1.Cc1ccnc(C)c1.Cc1ccnc(C)n1.Cc1cnc(C)cn1.Cc1cnc(C)nc1.Cc1cnc(C)nc1.Cc1cnc(C)nn1.Cc1cnc(C)nn1.Cc1cncc(C)c1.Cc1cncc(C)n1.Cc1cnnc(C)c1.Cc1cnnc(C)n1. The highest BCUT2D eigenvalue weighted by molar-refractivity contribution is 5.17. The maximum Gasteiger partial charge on any atom is 0.148 e. The van der Waals surface area contributed by atoms with Crippen molar-refractivity contribution in [3.63, 3.8) is 0 Å². The predicted octanol–water partition coefficient (Wildman–Crippen LogP) is 19.0. The summed E-state index contributed by atoms with van der Waals surface area (Å²) in [6.07, 6.45) is 32.0. The van der Waals surface area contributed by atoms with Crippen molar-refractivity contribution in [1.82, 2.24) is 151 Å². The van der Waals surface area contributed by atoms with E-state index in [0.717, 1.165) is 160 Å². The van der Waals surface area contributed by atoms with E-state index in [4.69, 9.17) is 0 Å². The summed E-state index contributed by atoms with van der Waals surface area (Å²) < 4.78 is 0. The van der Waals surface area contributed by atoms with Crippen molar-refractivity contribution in [3.05, 3.63) is 390 Å². The molecule has 16 aromatic heterocycles. The zero-order valence-electron chi connectivity index (χ0n) is 82.0. The summed E-state index contributed by atoms with van der Waals surface area (Å²) in [6.45, 7) is 64.1. The highest BCUT2D eigenvalue weighted by Crippen LogP contribution is 2.03. The lowest BCUT2D eigenvalue weighted by molar-refractivity contribution is 0.874. The minimum atomic E-state index is 0.718. The largest absolute Gasteiger partial charge is 0.264 e. The minimum absolute atomic E-state index is 0.718. The van der Waals surface area contributed by atoms with Gasteiger partial charge in [0.15, 0.2) is 0 Å². The van der Waals surface area contributed by atoms with Crippen LogP contribution in [-0.2, 0) is 0 Å². The molecule has 16 aromatic rings. The maximum atomic E-state index is 4.17. The molecule has 0 spiro atoms. The second-order valence-electron chi connectivity index (χ2n) is 29.7. The lowest BCUT2D eigenvalue weighted by atomic mass is 10.2. The van der Waals surface area contributed by atoms with Gasteiger partial charge in [0.25, 0.3) is 0 Å². The van der Waals surface area contributed by atoms with E-state index < -0.39 is 0 Å². The topological polar surface area (TPSA) is 387 Å². The molecule has 0 radical (unpaired) electrons. The molecule has 16 heterocycles. The van der Waals surface area contributed by atoms with E-state index in [1.54, 1.807) is 55.8 Å². The van der Waals surface area contributed by atoms with Crippen molar-refractivity contribution in [2.45, 2.75) is 228 Å². The highest BCUT2D eigenvalue weighted by atomic mass is 15.2. The zero-order chi connectivity index (χ0) is 96.6. The van der Waals surface area contributed by atoms with Gasteiger partial charge >= 0.3 is 0 Å².